The summed E-state index contributed by atoms with van der Waals surface area (Å²) in [7, 11) is 0. The molecule has 2 aromatic carbocycles. The zero-order chi connectivity index (χ0) is 14.9. The van der Waals surface area contributed by atoms with E-state index in [1.807, 2.05) is 0 Å². The molecule has 0 radical (unpaired) electrons. The van der Waals surface area contributed by atoms with Crippen LogP contribution in [0, 0.1) is 25.5 Å². The van der Waals surface area contributed by atoms with Gasteiger partial charge in [0.15, 0.2) is 0 Å². The number of carbonyl (C=O) groups excluding carboxylic acids is 1. The normalized spacial score (nSPS) is 10.4. The second-order valence-electron chi connectivity index (χ2n) is 4.61. The molecule has 0 aliphatic heterocycles. The first kappa shape index (κ1) is 14.0. The van der Waals surface area contributed by atoms with Gasteiger partial charge in [0.1, 0.15) is 11.6 Å². The number of aryl methyl sites for hydroxylation is 2. The van der Waals surface area contributed by atoms with Gasteiger partial charge in [0.25, 0.3) is 5.91 Å². The van der Waals surface area contributed by atoms with Crippen LogP contribution in [-0.2, 0) is 0 Å². The number of nitrogens with one attached hydrogen (secondary N) is 1. The lowest BCUT2D eigenvalue weighted by Gasteiger charge is -2.10. The summed E-state index contributed by atoms with van der Waals surface area (Å²) in [5.74, 6) is -2.19. The summed E-state index contributed by atoms with van der Waals surface area (Å²) in [5.41, 5.74) is 7.50. The summed E-state index contributed by atoms with van der Waals surface area (Å²) < 4.78 is 26.8. The van der Waals surface area contributed by atoms with Crippen LogP contribution in [0.15, 0.2) is 30.3 Å². The molecular formula is C15H14F2N2O. The lowest BCUT2D eigenvalue weighted by molar-refractivity contribution is 0.102. The average molecular weight is 276 g/mol. The molecule has 2 rings (SSSR count). The third-order valence-corrected chi connectivity index (χ3v) is 2.99. The van der Waals surface area contributed by atoms with E-state index < -0.39 is 17.5 Å². The van der Waals surface area contributed by atoms with Crippen molar-refractivity contribution in [3.8, 4) is 0 Å². The molecule has 0 saturated carbocycles. The highest BCUT2D eigenvalue weighted by molar-refractivity contribution is 6.05. The Morgan fingerprint density at radius 1 is 1.05 bits per heavy atom. The maximum atomic E-state index is 13.6. The van der Waals surface area contributed by atoms with Gasteiger partial charge in [0.2, 0.25) is 0 Å². The van der Waals surface area contributed by atoms with Crippen molar-refractivity contribution in [3.63, 3.8) is 0 Å². The van der Waals surface area contributed by atoms with E-state index in [1.54, 1.807) is 25.1 Å². The largest absolute Gasteiger partial charge is 0.399 e. The molecule has 0 unspecified atom stereocenters. The highest BCUT2D eigenvalue weighted by atomic mass is 19.1. The van der Waals surface area contributed by atoms with Crippen LogP contribution in [0.5, 0.6) is 0 Å². The van der Waals surface area contributed by atoms with Crippen molar-refractivity contribution in [1.82, 2.24) is 0 Å². The zero-order valence-corrected chi connectivity index (χ0v) is 11.1. The molecular weight excluding hydrogens is 262 g/mol. The Morgan fingerprint density at radius 3 is 2.40 bits per heavy atom. The molecule has 0 fully saturated rings. The quantitative estimate of drug-likeness (QED) is 0.826. The van der Waals surface area contributed by atoms with Crippen molar-refractivity contribution in [3.05, 3.63) is 58.7 Å². The number of nitrogen functional groups attached to an aromatic ring is 1. The Kier molecular flexibility index (Phi) is 3.70. The Morgan fingerprint density at radius 2 is 1.75 bits per heavy atom. The number of halogens is 2. The fraction of sp³-hybridized carbons (Fsp3) is 0.133. The van der Waals surface area contributed by atoms with Crippen molar-refractivity contribution in [2.45, 2.75) is 13.8 Å². The first-order valence-corrected chi connectivity index (χ1v) is 6.01. The lowest BCUT2D eigenvalue weighted by Crippen LogP contribution is -2.15. The monoisotopic (exact) mass is 276 g/mol. The SMILES string of the molecule is Cc1cc(C(=O)Nc2ccc(N)cc2C)c(F)cc1F. The first-order chi connectivity index (χ1) is 9.38. The molecule has 0 aliphatic carbocycles. The Labute approximate surface area is 115 Å². The molecule has 1 amide bonds. The van der Waals surface area contributed by atoms with Crippen LogP contribution < -0.4 is 11.1 Å². The molecule has 0 aromatic heterocycles. The third kappa shape index (κ3) is 2.77. The van der Waals surface area contributed by atoms with Gasteiger partial charge in [-0.15, -0.1) is 0 Å². The summed E-state index contributed by atoms with van der Waals surface area (Å²) in [5, 5.41) is 2.58. The van der Waals surface area contributed by atoms with Gasteiger partial charge in [-0.2, -0.15) is 0 Å². The summed E-state index contributed by atoms with van der Waals surface area (Å²) in [4.78, 5) is 12.0. The second-order valence-corrected chi connectivity index (χ2v) is 4.61. The van der Waals surface area contributed by atoms with Crippen molar-refractivity contribution < 1.29 is 13.6 Å². The second kappa shape index (κ2) is 5.28. The van der Waals surface area contributed by atoms with Crippen molar-refractivity contribution in [2.75, 3.05) is 11.1 Å². The van der Waals surface area contributed by atoms with Gasteiger partial charge in [0.05, 0.1) is 5.56 Å². The Hall–Kier alpha value is -2.43. The van der Waals surface area contributed by atoms with Gasteiger partial charge >= 0.3 is 0 Å². The summed E-state index contributed by atoms with van der Waals surface area (Å²) in [6, 6.07) is 6.86. The van der Waals surface area contributed by atoms with Gasteiger partial charge in [-0.25, -0.2) is 8.78 Å². The summed E-state index contributed by atoms with van der Waals surface area (Å²) >= 11 is 0. The van der Waals surface area contributed by atoms with Gasteiger partial charge in [0, 0.05) is 17.4 Å². The molecule has 2 aromatic rings. The van der Waals surface area contributed by atoms with Crippen LogP contribution in [0.25, 0.3) is 0 Å². The molecule has 3 N–H and O–H groups in total. The average Bonchev–Trinajstić information content (AvgIpc) is 2.37. The van der Waals surface area contributed by atoms with Crippen molar-refractivity contribution in [1.29, 1.82) is 0 Å². The van der Waals surface area contributed by atoms with Gasteiger partial charge < -0.3 is 11.1 Å². The smallest absolute Gasteiger partial charge is 0.258 e. The van der Waals surface area contributed by atoms with Crippen LogP contribution in [0.2, 0.25) is 0 Å². The van der Waals surface area contributed by atoms with Crippen LogP contribution in [0.1, 0.15) is 21.5 Å². The van der Waals surface area contributed by atoms with E-state index in [1.165, 1.54) is 13.0 Å². The van der Waals surface area contributed by atoms with Gasteiger partial charge in [-0.3, -0.25) is 4.79 Å². The number of anilines is 2. The van der Waals surface area contributed by atoms with E-state index in [9.17, 15) is 13.6 Å². The maximum Gasteiger partial charge on any atom is 0.258 e. The molecule has 3 nitrogen and oxygen atoms in total. The zero-order valence-electron chi connectivity index (χ0n) is 11.1. The van der Waals surface area contributed by atoms with E-state index in [-0.39, 0.29) is 11.1 Å². The Balaban J connectivity index is 2.31. The minimum atomic E-state index is -0.890. The fourth-order valence-electron chi connectivity index (χ4n) is 1.85. The molecule has 0 aliphatic rings. The van der Waals surface area contributed by atoms with Crippen LogP contribution in [0.4, 0.5) is 20.2 Å². The van der Waals surface area contributed by atoms with E-state index in [4.69, 9.17) is 5.73 Å². The lowest BCUT2D eigenvalue weighted by atomic mass is 10.1. The fourth-order valence-corrected chi connectivity index (χ4v) is 1.85. The molecule has 0 spiro atoms. The molecule has 104 valence electrons. The predicted octanol–water partition coefficient (Wildman–Crippen LogP) is 3.42. The van der Waals surface area contributed by atoms with Gasteiger partial charge in [-0.1, -0.05) is 0 Å². The topological polar surface area (TPSA) is 55.1 Å². The molecule has 5 heteroatoms. The molecule has 0 bridgehead atoms. The van der Waals surface area contributed by atoms with Crippen molar-refractivity contribution in [2.24, 2.45) is 0 Å². The van der Waals surface area contributed by atoms with E-state index in [2.05, 4.69) is 5.32 Å². The van der Waals surface area contributed by atoms with Gasteiger partial charge in [-0.05, 0) is 49.2 Å². The standard InChI is InChI=1S/C15H14F2N2O/c1-8-6-11(13(17)7-12(8)16)15(20)19-14-4-3-10(18)5-9(14)2/h3-7H,18H2,1-2H3,(H,19,20). The highest BCUT2D eigenvalue weighted by Crippen LogP contribution is 2.20. The molecule has 0 saturated heterocycles. The van der Waals surface area contributed by atoms with E-state index >= 15 is 0 Å². The maximum absolute atomic E-state index is 13.6. The number of nitrogens with two attached hydrogens (primary N) is 1. The number of hydrogen-bond acceptors (Lipinski definition) is 2. The summed E-state index contributed by atoms with van der Waals surface area (Å²) in [6.45, 7) is 3.25. The first-order valence-electron chi connectivity index (χ1n) is 6.01. The van der Waals surface area contributed by atoms with Crippen LogP contribution >= 0.6 is 0 Å². The van der Waals surface area contributed by atoms with Crippen LogP contribution in [0.3, 0.4) is 0 Å². The number of benzene rings is 2. The number of rotatable bonds is 2. The molecule has 20 heavy (non-hydrogen) atoms. The minimum Gasteiger partial charge on any atom is -0.399 e. The third-order valence-electron chi connectivity index (χ3n) is 2.99. The highest BCUT2D eigenvalue weighted by Gasteiger charge is 2.15. The minimum absolute atomic E-state index is 0.194. The molecule has 0 heterocycles. The van der Waals surface area contributed by atoms with E-state index in [0.717, 1.165) is 5.56 Å². The summed E-state index contributed by atoms with van der Waals surface area (Å²) in [6.07, 6.45) is 0. The number of hydrogen-bond donors (Lipinski definition) is 2. The number of amides is 1. The number of carbonyl (C=O) groups is 1. The molecule has 0 atom stereocenters. The van der Waals surface area contributed by atoms with Crippen LogP contribution in [-0.4, -0.2) is 5.91 Å². The predicted molar refractivity (Wildman–Crippen MR) is 74.6 cm³/mol. The Bertz CT molecular complexity index is 684. The van der Waals surface area contributed by atoms with Crippen molar-refractivity contribution >= 4 is 17.3 Å². The van der Waals surface area contributed by atoms with E-state index in [0.29, 0.717) is 17.4 Å².